The van der Waals surface area contributed by atoms with Crippen molar-refractivity contribution in [2.75, 3.05) is 18.8 Å². The quantitative estimate of drug-likeness (QED) is 0.848. The lowest BCUT2D eigenvalue weighted by Crippen LogP contribution is -2.46. The third-order valence-electron chi connectivity index (χ3n) is 5.16. The van der Waals surface area contributed by atoms with E-state index in [-0.39, 0.29) is 11.3 Å². The third-order valence-corrected chi connectivity index (χ3v) is 6.26. The van der Waals surface area contributed by atoms with Gasteiger partial charge in [-0.1, -0.05) is 26.8 Å². The summed E-state index contributed by atoms with van der Waals surface area (Å²) in [6, 6.07) is 9.84. The first-order valence-corrected chi connectivity index (χ1v) is 9.81. The Bertz CT molecular complexity index is 781. The molecule has 1 fully saturated rings. The van der Waals surface area contributed by atoms with Gasteiger partial charge in [0.15, 0.2) is 0 Å². The van der Waals surface area contributed by atoms with Crippen LogP contribution in [0, 0.1) is 17.3 Å². The van der Waals surface area contributed by atoms with Crippen molar-refractivity contribution in [3.8, 4) is 10.6 Å². The van der Waals surface area contributed by atoms with E-state index in [0.29, 0.717) is 18.3 Å². The van der Waals surface area contributed by atoms with Gasteiger partial charge in [-0.3, -0.25) is 9.69 Å². The van der Waals surface area contributed by atoms with Gasteiger partial charge in [-0.25, -0.2) is 4.98 Å². The summed E-state index contributed by atoms with van der Waals surface area (Å²) in [5, 5.41) is 9.54. The zero-order chi connectivity index (χ0) is 18.9. The number of hydrogen-bond donors (Lipinski definition) is 2. The first-order valence-electron chi connectivity index (χ1n) is 8.99. The molecule has 2 unspecified atom stereocenters. The van der Waals surface area contributed by atoms with Crippen molar-refractivity contribution < 1.29 is 9.90 Å². The average molecular weight is 374 g/mol. The van der Waals surface area contributed by atoms with Gasteiger partial charge in [0.25, 0.3) is 0 Å². The van der Waals surface area contributed by atoms with E-state index in [1.54, 1.807) is 17.4 Å². The molecule has 2 aromatic rings. The predicted molar refractivity (Wildman–Crippen MR) is 106 cm³/mol. The van der Waals surface area contributed by atoms with E-state index in [1.165, 1.54) is 4.88 Å². The highest BCUT2D eigenvalue weighted by Gasteiger charge is 2.37. The second-order valence-electron chi connectivity index (χ2n) is 8.24. The maximum absolute atomic E-state index is 11.6. The summed E-state index contributed by atoms with van der Waals surface area (Å²) in [7, 11) is 0. The van der Waals surface area contributed by atoms with Crippen LogP contribution in [-0.2, 0) is 11.3 Å². The molecule has 0 radical (unpaired) electrons. The Hall–Kier alpha value is -1.92. The SMILES string of the molecule is CC(C)(C)C1CC(C(=O)O)CN(Cc2ccc(-c3cccc(N)n3)s2)C1. The molecular formula is C20H27N3O2S. The van der Waals surface area contributed by atoms with Crippen molar-refractivity contribution in [1.82, 2.24) is 9.88 Å². The molecule has 0 spiro atoms. The van der Waals surface area contributed by atoms with Crippen LogP contribution in [0.5, 0.6) is 0 Å². The van der Waals surface area contributed by atoms with Crippen molar-refractivity contribution in [1.29, 1.82) is 0 Å². The molecule has 1 aliphatic heterocycles. The molecule has 0 amide bonds. The van der Waals surface area contributed by atoms with E-state index in [4.69, 9.17) is 5.73 Å². The highest BCUT2D eigenvalue weighted by atomic mass is 32.1. The van der Waals surface area contributed by atoms with Gasteiger partial charge < -0.3 is 10.8 Å². The number of thiophene rings is 1. The molecule has 3 N–H and O–H groups in total. The van der Waals surface area contributed by atoms with Gasteiger partial charge in [-0.15, -0.1) is 11.3 Å². The Morgan fingerprint density at radius 1 is 1.31 bits per heavy atom. The summed E-state index contributed by atoms with van der Waals surface area (Å²) in [5.74, 6) is -0.0686. The average Bonchev–Trinajstić information content (AvgIpc) is 3.02. The zero-order valence-corrected chi connectivity index (χ0v) is 16.4. The van der Waals surface area contributed by atoms with Gasteiger partial charge in [0.05, 0.1) is 16.5 Å². The third kappa shape index (κ3) is 4.43. The predicted octanol–water partition coefficient (Wildman–Crippen LogP) is 3.96. The number of nitrogens with two attached hydrogens (primary N) is 1. The Labute approximate surface area is 158 Å². The van der Waals surface area contributed by atoms with Crippen molar-refractivity contribution in [2.24, 2.45) is 17.3 Å². The lowest BCUT2D eigenvalue weighted by Gasteiger charge is -2.42. The van der Waals surface area contributed by atoms with E-state index in [1.807, 2.05) is 12.1 Å². The highest BCUT2D eigenvalue weighted by Crippen LogP contribution is 2.37. The number of hydrogen-bond acceptors (Lipinski definition) is 5. The fraction of sp³-hybridized carbons (Fsp3) is 0.500. The van der Waals surface area contributed by atoms with Crippen molar-refractivity contribution in [3.05, 3.63) is 35.2 Å². The van der Waals surface area contributed by atoms with E-state index < -0.39 is 5.97 Å². The Kier molecular flexibility index (Phi) is 5.34. The monoisotopic (exact) mass is 373 g/mol. The Morgan fingerprint density at radius 2 is 2.08 bits per heavy atom. The van der Waals surface area contributed by atoms with E-state index in [2.05, 4.69) is 42.8 Å². The number of carboxylic acid groups (broad SMARTS) is 1. The Balaban J connectivity index is 1.74. The maximum atomic E-state index is 11.6. The van der Waals surface area contributed by atoms with Crippen molar-refractivity contribution >= 4 is 23.1 Å². The molecule has 5 nitrogen and oxygen atoms in total. The van der Waals surface area contributed by atoms with Crippen molar-refractivity contribution in [3.63, 3.8) is 0 Å². The van der Waals surface area contributed by atoms with E-state index in [0.717, 1.165) is 30.1 Å². The molecule has 0 saturated carbocycles. The molecule has 3 heterocycles. The van der Waals surface area contributed by atoms with Crippen LogP contribution in [0.15, 0.2) is 30.3 Å². The molecule has 2 aromatic heterocycles. The minimum atomic E-state index is -0.681. The molecule has 6 heteroatoms. The number of aliphatic carboxylic acids is 1. The van der Waals surface area contributed by atoms with E-state index in [9.17, 15) is 9.90 Å². The smallest absolute Gasteiger partial charge is 0.307 e. The zero-order valence-electron chi connectivity index (χ0n) is 15.6. The second-order valence-corrected chi connectivity index (χ2v) is 9.41. The van der Waals surface area contributed by atoms with Gasteiger partial charge in [-0.2, -0.15) is 0 Å². The number of carboxylic acids is 1. The van der Waals surface area contributed by atoms with Crippen LogP contribution in [0.4, 0.5) is 5.82 Å². The summed E-state index contributed by atoms with van der Waals surface area (Å²) < 4.78 is 0. The lowest BCUT2D eigenvalue weighted by molar-refractivity contribution is -0.145. The largest absolute Gasteiger partial charge is 0.481 e. The van der Waals surface area contributed by atoms with Gasteiger partial charge in [0.1, 0.15) is 5.82 Å². The summed E-state index contributed by atoms with van der Waals surface area (Å²) in [6.45, 7) is 8.95. The first kappa shape index (κ1) is 18.9. The summed E-state index contributed by atoms with van der Waals surface area (Å²) >= 11 is 1.70. The number of rotatable bonds is 4. The normalized spacial score (nSPS) is 21.7. The molecule has 1 saturated heterocycles. The fourth-order valence-electron chi connectivity index (χ4n) is 3.54. The number of anilines is 1. The number of pyridine rings is 1. The molecule has 1 aliphatic rings. The first-order chi connectivity index (χ1) is 12.2. The topological polar surface area (TPSA) is 79.5 Å². The van der Waals surface area contributed by atoms with Crippen LogP contribution in [0.2, 0.25) is 0 Å². The lowest BCUT2D eigenvalue weighted by atomic mass is 9.73. The molecule has 0 bridgehead atoms. The molecular weight excluding hydrogens is 346 g/mol. The summed E-state index contributed by atoms with van der Waals surface area (Å²) in [6.07, 6.45) is 0.762. The standard InChI is InChI=1S/C20H27N3O2S/c1-20(2,3)14-9-13(19(24)25)10-23(11-14)12-15-7-8-17(26-15)16-5-4-6-18(21)22-16/h4-8,13-14H,9-12H2,1-3H3,(H2,21,22)(H,24,25). The molecule has 3 rings (SSSR count). The summed E-state index contributed by atoms with van der Waals surface area (Å²) in [4.78, 5) is 20.6. The second kappa shape index (κ2) is 7.37. The maximum Gasteiger partial charge on any atom is 0.307 e. The van der Waals surface area contributed by atoms with Crippen LogP contribution < -0.4 is 5.73 Å². The van der Waals surface area contributed by atoms with Crippen molar-refractivity contribution in [2.45, 2.75) is 33.7 Å². The van der Waals surface area contributed by atoms with Crippen LogP contribution in [0.1, 0.15) is 32.1 Å². The van der Waals surface area contributed by atoms with Crippen LogP contribution in [0.25, 0.3) is 10.6 Å². The Morgan fingerprint density at radius 3 is 2.73 bits per heavy atom. The molecule has 140 valence electrons. The number of likely N-dealkylation sites (tertiary alicyclic amines) is 1. The summed E-state index contributed by atoms with van der Waals surface area (Å²) in [5.41, 5.74) is 6.78. The van der Waals surface area contributed by atoms with Crippen LogP contribution in [-0.4, -0.2) is 34.0 Å². The number of nitrogens with zero attached hydrogens (tertiary/aromatic N) is 2. The molecule has 0 aromatic carbocycles. The number of aromatic nitrogens is 1. The van der Waals surface area contributed by atoms with Crippen LogP contribution in [0.3, 0.4) is 0 Å². The minimum absolute atomic E-state index is 0.110. The van der Waals surface area contributed by atoms with E-state index >= 15 is 0 Å². The van der Waals surface area contributed by atoms with Gasteiger partial charge in [0.2, 0.25) is 0 Å². The highest BCUT2D eigenvalue weighted by molar-refractivity contribution is 7.15. The molecule has 2 atom stereocenters. The number of piperidine rings is 1. The van der Waals surface area contributed by atoms with Crippen LogP contribution >= 0.6 is 11.3 Å². The van der Waals surface area contributed by atoms with Gasteiger partial charge in [0, 0.05) is 24.5 Å². The van der Waals surface area contributed by atoms with Gasteiger partial charge >= 0.3 is 5.97 Å². The van der Waals surface area contributed by atoms with Gasteiger partial charge in [-0.05, 0) is 42.0 Å². The minimum Gasteiger partial charge on any atom is -0.481 e. The molecule has 0 aliphatic carbocycles. The number of carbonyl (C=O) groups is 1. The molecule has 26 heavy (non-hydrogen) atoms. The fourth-order valence-corrected chi connectivity index (χ4v) is 4.56. The number of nitrogen functional groups attached to an aromatic ring is 1.